The number of aromatic amines is 2. The lowest BCUT2D eigenvalue weighted by atomic mass is 10.0. The quantitative estimate of drug-likeness (QED) is 0.306. The Balaban J connectivity index is 1.27. The molecule has 1 aliphatic rings. The van der Waals surface area contributed by atoms with Crippen LogP contribution < -0.4 is 4.74 Å². The molecule has 0 amide bonds. The van der Waals surface area contributed by atoms with Gasteiger partial charge in [-0.15, -0.1) is 0 Å². The van der Waals surface area contributed by atoms with Gasteiger partial charge in [-0.25, -0.2) is 4.98 Å². The van der Waals surface area contributed by atoms with Crippen molar-refractivity contribution >= 4 is 21.7 Å². The molecule has 2 aromatic heterocycles. The van der Waals surface area contributed by atoms with E-state index in [-0.39, 0.29) is 0 Å². The predicted molar refractivity (Wildman–Crippen MR) is 144 cm³/mol. The van der Waals surface area contributed by atoms with Gasteiger partial charge in [0.25, 0.3) is 0 Å². The van der Waals surface area contributed by atoms with E-state index >= 15 is 0 Å². The summed E-state index contributed by atoms with van der Waals surface area (Å²) in [6.45, 7) is 6.26. The molecule has 184 valence electrons. The molecule has 0 aliphatic carbocycles. The number of likely N-dealkylation sites (tertiary alicyclic amines) is 1. The summed E-state index contributed by atoms with van der Waals surface area (Å²) in [5.74, 6) is 3.09. The average molecular weight is 481 g/mol. The van der Waals surface area contributed by atoms with E-state index < -0.39 is 0 Å². The minimum atomic E-state index is 0.513. The number of nitrogens with zero attached hydrogens (tertiary/aromatic N) is 4. The van der Waals surface area contributed by atoms with Crippen LogP contribution in [0, 0.1) is 5.92 Å². The van der Waals surface area contributed by atoms with Crippen LogP contribution in [0.4, 0.5) is 0 Å². The number of aromatic nitrogens is 5. The first-order valence-electron chi connectivity index (χ1n) is 12.8. The monoisotopic (exact) mass is 480 g/mol. The summed E-state index contributed by atoms with van der Waals surface area (Å²) in [6, 6.07) is 19.5. The van der Waals surface area contributed by atoms with Crippen LogP contribution in [0.5, 0.6) is 5.75 Å². The molecule has 1 fully saturated rings. The normalized spacial score (nSPS) is 16.5. The Morgan fingerprint density at radius 2 is 1.81 bits per heavy atom. The Kier molecular flexibility index (Phi) is 5.93. The van der Waals surface area contributed by atoms with Gasteiger partial charge in [-0.05, 0) is 79.5 Å². The fourth-order valence-electron chi connectivity index (χ4n) is 5.12. The third-order valence-corrected chi connectivity index (χ3v) is 7.15. The van der Waals surface area contributed by atoms with Crippen LogP contribution in [-0.2, 0) is 6.42 Å². The maximum atomic E-state index is 6.13. The summed E-state index contributed by atoms with van der Waals surface area (Å²) < 4.78 is 6.13. The van der Waals surface area contributed by atoms with Crippen LogP contribution in [0.2, 0.25) is 0 Å². The zero-order valence-electron chi connectivity index (χ0n) is 21.1. The lowest BCUT2D eigenvalue weighted by molar-refractivity contribution is 0.198. The standard InChI is InChI=1S/C29H32N6O/c1-18(2)13-27-30-29(34-32-27)22-9-11-26-25(16-22)28(33-31-26)21-7-6-20-15-24(10-8-19(20)14-21)36-17-23-5-4-12-35(23)3/h6-11,14-16,18,23H,4-5,12-13,17H2,1-3H3,(H,31,33)(H,30,32,34)/t23-/m1/s1. The van der Waals surface area contributed by atoms with Crippen molar-refractivity contribution in [2.75, 3.05) is 20.2 Å². The molecule has 0 radical (unpaired) electrons. The van der Waals surface area contributed by atoms with Gasteiger partial charge in [0.15, 0.2) is 5.82 Å². The van der Waals surface area contributed by atoms with Crippen molar-refractivity contribution in [1.82, 2.24) is 30.3 Å². The highest BCUT2D eigenvalue weighted by Crippen LogP contribution is 2.32. The molecular formula is C29H32N6O. The maximum Gasteiger partial charge on any atom is 0.181 e. The number of H-pyrrole nitrogens is 2. The molecule has 1 aliphatic heterocycles. The van der Waals surface area contributed by atoms with Crippen molar-refractivity contribution in [3.8, 4) is 28.4 Å². The number of ether oxygens (including phenoxy) is 1. The van der Waals surface area contributed by atoms with E-state index in [0.717, 1.165) is 75.5 Å². The smallest absolute Gasteiger partial charge is 0.181 e. The fourth-order valence-corrected chi connectivity index (χ4v) is 5.12. The van der Waals surface area contributed by atoms with Crippen LogP contribution in [0.15, 0.2) is 54.6 Å². The summed E-state index contributed by atoms with van der Waals surface area (Å²) >= 11 is 0. The molecule has 1 atom stereocenters. The average Bonchev–Trinajstić information content (AvgIpc) is 3.61. The van der Waals surface area contributed by atoms with E-state index in [1.54, 1.807) is 0 Å². The van der Waals surface area contributed by atoms with Crippen molar-refractivity contribution in [2.45, 2.75) is 39.2 Å². The Morgan fingerprint density at radius 3 is 2.64 bits per heavy atom. The molecule has 1 saturated heterocycles. The Morgan fingerprint density at radius 1 is 0.972 bits per heavy atom. The fraction of sp³-hybridized carbons (Fsp3) is 0.345. The number of nitrogens with one attached hydrogen (secondary N) is 2. The van der Waals surface area contributed by atoms with E-state index in [1.165, 1.54) is 12.8 Å². The summed E-state index contributed by atoms with van der Waals surface area (Å²) in [5.41, 5.74) is 3.97. The first-order valence-corrected chi connectivity index (χ1v) is 12.8. The van der Waals surface area contributed by atoms with Crippen LogP contribution in [-0.4, -0.2) is 56.5 Å². The highest BCUT2D eigenvalue weighted by atomic mass is 16.5. The van der Waals surface area contributed by atoms with Crippen LogP contribution in [0.3, 0.4) is 0 Å². The maximum absolute atomic E-state index is 6.13. The highest BCUT2D eigenvalue weighted by molar-refractivity contribution is 5.97. The van der Waals surface area contributed by atoms with Crippen LogP contribution >= 0.6 is 0 Å². The molecule has 7 nitrogen and oxygen atoms in total. The molecule has 2 N–H and O–H groups in total. The van der Waals surface area contributed by atoms with Crippen molar-refractivity contribution in [2.24, 2.45) is 5.92 Å². The molecule has 5 aromatic rings. The van der Waals surface area contributed by atoms with Crippen molar-refractivity contribution in [3.05, 3.63) is 60.4 Å². The number of benzene rings is 3. The third kappa shape index (κ3) is 4.46. The second-order valence-corrected chi connectivity index (χ2v) is 10.3. The molecule has 7 heteroatoms. The van der Waals surface area contributed by atoms with Crippen LogP contribution in [0.1, 0.15) is 32.5 Å². The Hall–Kier alpha value is -3.71. The molecule has 3 heterocycles. The third-order valence-electron chi connectivity index (χ3n) is 7.15. The molecule has 0 unspecified atom stereocenters. The molecule has 0 bridgehead atoms. The number of hydrogen-bond donors (Lipinski definition) is 2. The van der Waals surface area contributed by atoms with Crippen molar-refractivity contribution < 1.29 is 4.74 Å². The molecule has 0 saturated carbocycles. The number of rotatable bonds is 7. The zero-order valence-corrected chi connectivity index (χ0v) is 21.1. The lowest BCUT2D eigenvalue weighted by Gasteiger charge is -2.19. The number of fused-ring (bicyclic) bond motifs is 2. The summed E-state index contributed by atoms with van der Waals surface area (Å²) in [6.07, 6.45) is 3.35. The van der Waals surface area contributed by atoms with Gasteiger partial charge < -0.3 is 9.64 Å². The Bertz CT molecular complexity index is 1520. The SMILES string of the molecule is CC(C)Cc1nc(-c2ccc3[nH]nc(-c4ccc5cc(OC[C@H]6CCCN6C)ccc5c4)c3c2)n[nH]1. The molecular weight excluding hydrogens is 448 g/mol. The van der Waals surface area contributed by atoms with Gasteiger partial charge in [0.2, 0.25) is 0 Å². The minimum Gasteiger partial charge on any atom is -0.492 e. The van der Waals surface area contributed by atoms with E-state index in [0.29, 0.717) is 12.0 Å². The summed E-state index contributed by atoms with van der Waals surface area (Å²) in [4.78, 5) is 7.08. The topological polar surface area (TPSA) is 82.7 Å². The van der Waals surface area contributed by atoms with E-state index in [1.807, 2.05) is 12.1 Å². The first-order chi connectivity index (χ1) is 17.5. The first kappa shape index (κ1) is 22.7. The summed E-state index contributed by atoms with van der Waals surface area (Å²) in [5, 5.41) is 18.7. The Labute approximate surface area is 210 Å². The van der Waals surface area contributed by atoms with E-state index in [2.05, 4.69) is 88.7 Å². The van der Waals surface area contributed by atoms with Gasteiger partial charge in [0, 0.05) is 29.0 Å². The largest absolute Gasteiger partial charge is 0.492 e. The van der Waals surface area contributed by atoms with E-state index in [4.69, 9.17) is 9.72 Å². The highest BCUT2D eigenvalue weighted by Gasteiger charge is 2.21. The minimum absolute atomic E-state index is 0.513. The molecule has 0 spiro atoms. The lowest BCUT2D eigenvalue weighted by Crippen LogP contribution is -2.30. The number of likely N-dealkylation sites (N-methyl/N-ethyl adjacent to an activating group) is 1. The van der Waals surface area contributed by atoms with Gasteiger partial charge >= 0.3 is 0 Å². The van der Waals surface area contributed by atoms with Gasteiger partial charge in [0.1, 0.15) is 18.2 Å². The zero-order chi connectivity index (χ0) is 24.6. The van der Waals surface area contributed by atoms with E-state index in [9.17, 15) is 0 Å². The molecule has 36 heavy (non-hydrogen) atoms. The van der Waals surface area contributed by atoms with Crippen molar-refractivity contribution in [3.63, 3.8) is 0 Å². The van der Waals surface area contributed by atoms with Gasteiger partial charge in [-0.3, -0.25) is 10.2 Å². The van der Waals surface area contributed by atoms with Gasteiger partial charge in [0.05, 0.1) is 11.2 Å². The molecule has 6 rings (SSSR count). The second-order valence-electron chi connectivity index (χ2n) is 10.3. The summed E-state index contributed by atoms with van der Waals surface area (Å²) in [7, 11) is 2.18. The number of hydrogen-bond acceptors (Lipinski definition) is 5. The van der Waals surface area contributed by atoms with Crippen molar-refractivity contribution in [1.29, 1.82) is 0 Å². The van der Waals surface area contributed by atoms with Gasteiger partial charge in [-0.1, -0.05) is 32.0 Å². The molecule has 3 aromatic carbocycles. The van der Waals surface area contributed by atoms with Crippen LogP contribution in [0.25, 0.3) is 44.3 Å². The predicted octanol–water partition coefficient (Wildman–Crippen LogP) is 5.84. The van der Waals surface area contributed by atoms with Gasteiger partial charge in [-0.2, -0.15) is 10.2 Å². The second kappa shape index (κ2) is 9.39.